The van der Waals surface area contributed by atoms with Crippen LogP contribution in [0.15, 0.2) is 69.6 Å². The van der Waals surface area contributed by atoms with Gasteiger partial charge < -0.3 is 4.74 Å². The van der Waals surface area contributed by atoms with Gasteiger partial charge in [-0.25, -0.2) is 0 Å². The maximum atomic E-state index is 12.8. The molecule has 0 fully saturated rings. The first-order valence-corrected chi connectivity index (χ1v) is 8.65. The summed E-state index contributed by atoms with van der Waals surface area (Å²) < 4.78 is 6.51. The van der Waals surface area contributed by atoms with Crippen molar-refractivity contribution in [3.05, 3.63) is 70.5 Å². The smallest absolute Gasteiger partial charge is 0.301 e. The molecule has 7 heteroatoms. The van der Waals surface area contributed by atoms with Crippen LogP contribution in [0.1, 0.15) is 5.56 Å². The molecule has 25 heavy (non-hydrogen) atoms. The molecule has 3 aromatic rings. The van der Waals surface area contributed by atoms with E-state index in [9.17, 15) is 4.79 Å². The van der Waals surface area contributed by atoms with Crippen molar-refractivity contribution in [1.29, 1.82) is 0 Å². The summed E-state index contributed by atoms with van der Waals surface area (Å²) in [6.45, 7) is 0. The highest BCUT2D eigenvalue weighted by atomic mass is 32.2. The molecule has 0 unspecified atom stereocenters. The largest absolute Gasteiger partial charge is 0.497 e. The quantitative estimate of drug-likeness (QED) is 0.726. The molecular weight excluding hydrogens is 336 g/mol. The predicted octanol–water partition coefficient (Wildman–Crippen LogP) is 2.67. The van der Waals surface area contributed by atoms with Gasteiger partial charge in [0.25, 0.3) is 0 Å². The van der Waals surface area contributed by atoms with Crippen LogP contribution in [0.5, 0.6) is 5.75 Å². The number of ether oxygens (including phenoxy) is 1. The van der Waals surface area contributed by atoms with Crippen molar-refractivity contribution in [3.63, 3.8) is 0 Å². The minimum absolute atomic E-state index is 0.269. The summed E-state index contributed by atoms with van der Waals surface area (Å²) in [4.78, 5) is 12.8. The topological polar surface area (TPSA) is 69.4 Å². The summed E-state index contributed by atoms with van der Waals surface area (Å²) in [5.41, 5.74) is 2.52. The van der Waals surface area contributed by atoms with Gasteiger partial charge in [-0.05, 0) is 29.8 Å². The zero-order valence-corrected chi connectivity index (χ0v) is 14.2. The Kier molecular flexibility index (Phi) is 4.07. The van der Waals surface area contributed by atoms with E-state index in [1.165, 1.54) is 16.4 Å². The van der Waals surface area contributed by atoms with Crippen molar-refractivity contribution < 1.29 is 4.74 Å². The maximum absolute atomic E-state index is 12.8. The molecule has 0 saturated carbocycles. The van der Waals surface area contributed by atoms with E-state index < -0.39 is 0 Å². The molecule has 0 amide bonds. The molecule has 0 radical (unpaired) electrons. The molecule has 1 aromatic heterocycles. The second-order valence-electron chi connectivity index (χ2n) is 5.38. The molecular formula is C18H14N4O2S. The van der Waals surface area contributed by atoms with Crippen LogP contribution in [0, 0.1) is 0 Å². The first kappa shape index (κ1) is 15.6. The van der Waals surface area contributed by atoms with Crippen molar-refractivity contribution >= 4 is 17.5 Å². The number of nitrogens with zero attached hydrogens (tertiary/aromatic N) is 4. The van der Waals surface area contributed by atoms with Crippen LogP contribution >= 0.6 is 11.8 Å². The van der Waals surface area contributed by atoms with Crippen LogP contribution in [0.3, 0.4) is 0 Å². The number of thioether (sulfide) groups is 1. The summed E-state index contributed by atoms with van der Waals surface area (Å²) in [5, 5.41) is 13.3. The SMILES string of the molecule is COc1ccc(C2=Nn3c(nnc(-c4ccccc4)c3=O)SC2)cc1. The van der Waals surface area contributed by atoms with Crippen LogP contribution in [-0.4, -0.2) is 33.4 Å². The Bertz CT molecular complexity index is 998. The summed E-state index contributed by atoms with van der Waals surface area (Å²) >= 11 is 1.45. The lowest BCUT2D eigenvalue weighted by Crippen LogP contribution is -2.28. The molecule has 1 aliphatic heterocycles. The fourth-order valence-electron chi connectivity index (χ4n) is 2.53. The van der Waals surface area contributed by atoms with Gasteiger partial charge in [0, 0.05) is 11.3 Å². The van der Waals surface area contributed by atoms with Gasteiger partial charge in [-0.3, -0.25) is 4.79 Å². The Balaban J connectivity index is 1.79. The summed E-state index contributed by atoms with van der Waals surface area (Å²) in [6, 6.07) is 16.9. The fraction of sp³-hybridized carbons (Fsp3) is 0.111. The Morgan fingerprint density at radius 2 is 1.76 bits per heavy atom. The Hall–Kier alpha value is -2.93. The van der Waals surface area contributed by atoms with E-state index >= 15 is 0 Å². The maximum Gasteiger partial charge on any atom is 0.301 e. The van der Waals surface area contributed by atoms with E-state index in [0.29, 0.717) is 16.6 Å². The molecule has 4 rings (SSSR count). The number of aromatic nitrogens is 3. The van der Waals surface area contributed by atoms with Crippen molar-refractivity contribution in [1.82, 2.24) is 14.9 Å². The van der Waals surface area contributed by atoms with Crippen molar-refractivity contribution in [2.45, 2.75) is 5.16 Å². The van der Waals surface area contributed by atoms with Gasteiger partial charge in [-0.2, -0.15) is 9.78 Å². The van der Waals surface area contributed by atoms with Gasteiger partial charge in [-0.15, -0.1) is 10.2 Å². The van der Waals surface area contributed by atoms with E-state index in [1.54, 1.807) is 7.11 Å². The molecule has 0 atom stereocenters. The molecule has 0 aliphatic carbocycles. The zero-order valence-electron chi connectivity index (χ0n) is 13.4. The van der Waals surface area contributed by atoms with E-state index in [-0.39, 0.29) is 5.56 Å². The van der Waals surface area contributed by atoms with Crippen LogP contribution < -0.4 is 10.3 Å². The monoisotopic (exact) mass is 350 g/mol. The van der Waals surface area contributed by atoms with Crippen LogP contribution in [0.4, 0.5) is 0 Å². The molecule has 0 N–H and O–H groups in total. The Labute approximate surface area is 148 Å². The standard InChI is InChI=1S/C18H14N4O2S/c1-24-14-9-7-12(8-10-14)15-11-25-18-20-19-16(17(23)22(18)21-15)13-5-3-2-4-6-13/h2-10H,11H2,1H3. The lowest BCUT2D eigenvalue weighted by atomic mass is 10.1. The highest BCUT2D eigenvalue weighted by molar-refractivity contribution is 7.99. The third-order valence-corrected chi connectivity index (χ3v) is 4.77. The Morgan fingerprint density at radius 1 is 1.00 bits per heavy atom. The number of rotatable bonds is 3. The van der Waals surface area contributed by atoms with Crippen LogP contribution in [0.25, 0.3) is 11.3 Å². The van der Waals surface area contributed by atoms with E-state index in [4.69, 9.17) is 4.74 Å². The van der Waals surface area contributed by atoms with Gasteiger partial charge in [0.2, 0.25) is 5.16 Å². The van der Waals surface area contributed by atoms with Crippen LogP contribution in [0.2, 0.25) is 0 Å². The Morgan fingerprint density at radius 3 is 2.48 bits per heavy atom. The van der Waals surface area contributed by atoms with Gasteiger partial charge in [0.05, 0.1) is 12.8 Å². The number of fused-ring (bicyclic) bond motifs is 1. The number of methoxy groups -OCH3 is 1. The average Bonchev–Trinajstić information content (AvgIpc) is 2.69. The van der Waals surface area contributed by atoms with E-state index in [0.717, 1.165) is 22.6 Å². The number of benzene rings is 2. The molecule has 0 spiro atoms. The second kappa shape index (κ2) is 6.52. The normalized spacial score (nSPS) is 13.1. The molecule has 6 nitrogen and oxygen atoms in total. The van der Waals surface area contributed by atoms with E-state index in [1.807, 2.05) is 54.6 Å². The molecule has 2 aromatic carbocycles. The molecule has 124 valence electrons. The van der Waals surface area contributed by atoms with Crippen molar-refractivity contribution in [2.24, 2.45) is 5.10 Å². The minimum Gasteiger partial charge on any atom is -0.497 e. The summed E-state index contributed by atoms with van der Waals surface area (Å²) in [6.07, 6.45) is 0. The number of hydrogen-bond donors (Lipinski definition) is 0. The van der Waals surface area contributed by atoms with Crippen LogP contribution in [-0.2, 0) is 0 Å². The zero-order chi connectivity index (χ0) is 17.2. The molecule has 0 bridgehead atoms. The lowest BCUT2D eigenvalue weighted by Gasteiger charge is -2.15. The number of hydrogen-bond acceptors (Lipinski definition) is 6. The fourth-order valence-corrected chi connectivity index (χ4v) is 3.36. The first-order chi connectivity index (χ1) is 12.3. The highest BCUT2D eigenvalue weighted by Crippen LogP contribution is 2.23. The predicted molar refractivity (Wildman–Crippen MR) is 97.4 cm³/mol. The minimum atomic E-state index is -0.269. The average molecular weight is 350 g/mol. The highest BCUT2D eigenvalue weighted by Gasteiger charge is 2.20. The third-order valence-electron chi connectivity index (χ3n) is 3.84. The van der Waals surface area contributed by atoms with Crippen molar-refractivity contribution in [3.8, 4) is 17.0 Å². The first-order valence-electron chi connectivity index (χ1n) is 7.66. The summed E-state index contributed by atoms with van der Waals surface area (Å²) in [7, 11) is 1.63. The van der Waals surface area contributed by atoms with Gasteiger partial charge in [0.15, 0.2) is 5.69 Å². The van der Waals surface area contributed by atoms with E-state index in [2.05, 4.69) is 15.3 Å². The molecule has 0 saturated heterocycles. The second-order valence-corrected chi connectivity index (χ2v) is 6.32. The van der Waals surface area contributed by atoms with Gasteiger partial charge in [0.1, 0.15) is 5.75 Å². The lowest BCUT2D eigenvalue weighted by molar-refractivity contribution is 0.415. The van der Waals surface area contributed by atoms with Gasteiger partial charge >= 0.3 is 5.56 Å². The molecule has 1 aliphatic rings. The molecule has 2 heterocycles. The third kappa shape index (κ3) is 2.94. The van der Waals surface area contributed by atoms with Crippen molar-refractivity contribution in [2.75, 3.05) is 12.9 Å². The van der Waals surface area contributed by atoms with Gasteiger partial charge in [-0.1, -0.05) is 42.1 Å². The summed E-state index contributed by atoms with van der Waals surface area (Å²) in [5.74, 6) is 1.41.